The van der Waals surface area contributed by atoms with Crippen LogP contribution in [0, 0.1) is 0 Å². The molecule has 2 N–H and O–H groups in total. The third-order valence-corrected chi connectivity index (χ3v) is 2.32. The topological polar surface area (TPSA) is 61.0 Å². The van der Waals surface area contributed by atoms with E-state index in [1.807, 2.05) is 0 Å². The molecule has 1 saturated carbocycles. The molecule has 1 aromatic heterocycles. The molecule has 4 nitrogen and oxygen atoms in total. The molecule has 0 unspecified atom stereocenters. The minimum atomic E-state index is -4.60. The van der Waals surface area contributed by atoms with Crippen molar-refractivity contribution in [2.75, 3.05) is 5.73 Å². The van der Waals surface area contributed by atoms with Gasteiger partial charge in [-0.3, -0.25) is 0 Å². The molecule has 2 rings (SSSR count). The molecule has 16 heavy (non-hydrogen) atoms. The summed E-state index contributed by atoms with van der Waals surface area (Å²) in [7, 11) is 0. The largest absolute Gasteiger partial charge is 0.474 e. The summed E-state index contributed by atoms with van der Waals surface area (Å²) in [5, 5.41) is 0. The standard InChI is InChI=1S/C9H10F3N3O/c10-9(11,12)8-14-6(13)4-7(15-8)16-5-2-1-3-5/h4-5H,1-3H2,(H2,13,14,15). The van der Waals surface area contributed by atoms with Gasteiger partial charge in [0.15, 0.2) is 0 Å². The summed E-state index contributed by atoms with van der Waals surface area (Å²) in [6, 6.07) is 1.20. The maximum Gasteiger partial charge on any atom is 0.451 e. The Morgan fingerprint density at radius 1 is 1.31 bits per heavy atom. The maximum atomic E-state index is 12.3. The summed E-state index contributed by atoms with van der Waals surface area (Å²) in [5.41, 5.74) is 5.26. The van der Waals surface area contributed by atoms with Crippen molar-refractivity contribution >= 4 is 5.82 Å². The second-order valence-electron chi connectivity index (χ2n) is 3.62. The van der Waals surface area contributed by atoms with Gasteiger partial charge in [0.2, 0.25) is 11.7 Å². The van der Waals surface area contributed by atoms with E-state index in [1.54, 1.807) is 0 Å². The van der Waals surface area contributed by atoms with Crippen molar-refractivity contribution in [1.82, 2.24) is 9.97 Å². The van der Waals surface area contributed by atoms with Crippen molar-refractivity contribution < 1.29 is 17.9 Å². The quantitative estimate of drug-likeness (QED) is 0.848. The van der Waals surface area contributed by atoms with Crippen molar-refractivity contribution in [2.45, 2.75) is 31.5 Å². The van der Waals surface area contributed by atoms with Crippen LogP contribution in [0.25, 0.3) is 0 Å². The van der Waals surface area contributed by atoms with Gasteiger partial charge in [-0.25, -0.2) is 4.98 Å². The number of alkyl halides is 3. The Kier molecular flexibility index (Phi) is 2.61. The van der Waals surface area contributed by atoms with Crippen molar-refractivity contribution in [3.05, 3.63) is 11.9 Å². The first kappa shape index (κ1) is 11.0. The van der Waals surface area contributed by atoms with Crippen LogP contribution in [0.1, 0.15) is 25.1 Å². The zero-order chi connectivity index (χ0) is 11.8. The van der Waals surface area contributed by atoms with Gasteiger partial charge in [0, 0.05) is 6.07 Å². The molecule has 7 heteroatoms. The first-order valence-corrected chi connectivity index (χ1v) is 4.83. The third kappa shape index (κ3) is 2.34. The number of halogens is 3. The van der Waals surface area contributed by atoms with Crippen molar-refractivity contribution in [3.63, 3.8) is 0 Å². The number of ether oxygens (including phenoxy) is 1. The van der Waals surface area contributed by atoms with Gasteiger partial charge >= 0.3 is 6.18 Å². The Morgan fingerprint density at radius 2 is 2.00 bits per heavy atom. The molecule has 1 aliphatic carbocycles. The second kappa shape index (κ2) is 3.80. The third-order valence-electron chi connectivity index (χ3n) is 2.32. The summed E-state index contributed by atoms with van der Waals surface area (Å²) < 4.78 is 42.3. The number of nitrogens with zero attached hydrogens (tertiary/aromatic N) is 2. The van der Waals surface area contributed by atoms with E-state index in [2.05, 4.69) is 9.97 Å². The lowest BCUT2D eigenvalue weighted by Gasteiger charge is -2.25. The van der Waals surface area contributed by atoms with E-state index in [4.69, 9.17) is 10.5 Å². The minimum absolute atomic E-state index is 0.0459. The van der Waals surface area contributed by atoms with E-state index in [1.165, 1.54) is 6.07 Å². The highest BCUT2D eigenvalue weighted by molar-refractivity contribution is 5.33. The van der Waals surface area contributed by atoms with Gasteiger partial charge in [0.25, 0.3) is 0 Å². The van der Waals surface area contributed by atoms with Gasteiger partial charge in [-0.05, 0) is 19.3 Å². The van der Waals surface area contributed by atoms with Crippen LogP contribution in [-0.2, 0) is 6.18 Å². The van der Waals surface area contributed by atoms with Crippen LogP contribution >= 0.6 is 0 Å². The zero-order valence-electron chi connectivity index (χ0n) is 8.29. The molecule has 1 aromatic rings. The summed E-state index contributed by atoms with van der Waals surface area (Å²) in [4.78, 5) is 6.41. The van der Waals surface area contributed by atoms with E-state index in [0.29, 0.717) is 0 Å². The molecule has 1 fully saturated rings. The predicted octanol–water partition coefficient (Wildman–Crippen LogP) is 2.01. The Labute approximate surface area is 89.6 Å². The number of anilines is 1. The van der Waals surface area contributed by atoms with Crippen LogP contribution in [0.5, 0.6) is 5.88 Å². The number of aromatic nitrogens is 2. The Balaban J connectivity index is 2.21. The van der Waals surface area contributed by atoms with Crippen molar-refractivity contribution in [3.8, 4) is 5.88 Å². The molecule has 0 aliphatic heterocycles. The van der Waals surface area contributed by atoms with Crippen LogP contribution in [0.4, 0.5) is 19.0 Å². The SMILES string of the molecule is Nc1cc(OC2CCC2)nc(C(F)(F)F)n1. The van der Waals surface area contributed by atoms with Crippen molar-refractivity contribution in [1.29, 1.82) is 0 Å². The summed E-state index contributed by atoms with van der Waals surface area (Å²) in [5.74, 6) is -1.61. The molecule has 0 saturated heterocycles. The highest BCUT2D eigenvalue weighted by Crippen LogP contribution is 2.30. The molecule has 88 valence electrons. The smallest absolute Gasteiger partial charge is 0.451 e. The van der Waals surface area contributed by atoms with E-state index in [0.717, 1.165) is 19.3 Å². The normalized spacial score (nSPS) is 16.9. The maximum absolute atomic E-state index is 12.3. The fourth-order valence-corrected chi connectivity index (χ4v) is 1.29. The van der Waals surface area contributed by atoms with Gasteiger partial charge in [0.05, 0.1) is 0 Å². The van der Waals surface area contributed by atoms with E-state index in [-0.39, 0.29) is 17.8 Å². The van der Waals surface area contributed by atoms with Gasteiger partial charge in [-0.15, -0.1) is 0 Å². The Morgan fingerprint density at radius 3 is 2.50 bits per heavy atom. The first-order chi connectivity index (χ1) is 7.45. The molecule has 1 aliphatic rings. The predicted molar refractivity (Wildman–Crippen MR) is 49.7 cm³/mol. The van der Waals surface area contributed by atoms with Gasteiger partial charge in [-0.2, -0.15) is 18.2 Å². The fourth-order valence-electron chi connectivity index (χ4n) is 1.29. The second-order valence-corrected chi connectivity index (χ2v) is 3.62. The number of hydrogen-bond donors (Lipinski definition) is 1. The zero-order valence-corrected chi connectivity index (χ0v) is 8.29. The molecule has 1 heterocycles. The van der Waals surface area contributed by atoms with E-state index >= 15 is 0 Å². The lowest BCUT2D eigenvalue weighted by atomic mass is 9.96. The average Bonchev–Trinajstić information content (AvgIpc) is 2.09. The molecule has 0 amide bonds. The number of nitrogen functional groups attached to an aromatic ring is 1. The van der Waals surface area contributed by atoms with Crippen LogP contribution in [0.3, 0.4) is 0 Å². The lowest BCUT2D eigenvalue weighted by Crippen LogP contribution is -2.25. The minimum Gasteiger partial charge on any atom is -0.474 e. The summed E-state index contributed by atoms with van der Waals surface area (Å²) in [6.07, 6.45) is -1.95. The van der Waals surface area contributed by atoms with Gasteiger partial charge in [-0.1, -0.05) is 0 Å². The van der Waals surface area contributed by atoms with Gasteiger partial charge in [0.1, 0.15) is 11.9 Å². The molecule has 0 spiro atoms. The van der Waals surface area contributed by atoms with Crippen LogP contribution in [0.2, 0.25) is 0 Å². The van der Waals surface area contributed by atoms with E-state index in [9.17, 15) is 13.2 Å². The molecule has 0 aromatic carbocycles. The molecule has 0 radical (unpaired) electrons. The highest BCUT2D eigenvalue weighted by atomic mass is 19.4. The summed E-state index contributed by atoms with van der Waals surface area (Å²) in [6.45, 7) is 0. The highest BCUT2D eigenvalue weighted by Gasteiger charge is 2.35. The van der Waals surface area contributed by atoms with E-state index < -0.39 is 12.0 Å². The van der Waals surface area contributed by atoms with Crippen LogP contribution < -0.4 is 10.5 Å². The van der Waals surface area contributed by atoms with Crippen LogP contribution in [-0.4, -0.2) is 16.1 Å². The summed E-state index contributed by atoms with van der Waals surface area (Å²) >= 11 is 0. The molecule has 0 bridgehead atoms. The monoisotopic (exact) mass is 233 g/mol. The number of rotatable bonds is 2. The molecular weight excluding hydrogens is 223 g/mol. The average molecular weight is 233 g/mol. The Hall–Kier alpha value is -1.53. The lowest BCUT2D eigenvalue weighted by molar-refractivity contribution is -0.145. The molecule has 0 atom stereocenters. The number of nitrogens with two attached hydrogens (primary N) is 1. The first-order valence-electron chi connectivity index (χ1n) is 4.83. The van der Waals surface area contributed by atoms with Crippen molar-refractivity contribution in [2.24, 2.45) is 0 Å². The fraction of sp³-hybridized carbons (Fsp3) is 0.556. The van der Waals surface area contributed by atoms with Crippen LogP contribution in [0.15, 0.2) is 6.07 Å². The molecular formula is C9H10F3N3O. The Bertz CT molecular complexity index is 390. The van der Waals surface area contributed by atoms with Gasteiger partial charge < -0.3 is 10.5 Å². The number of hydrogen-bond acceptors (Lipinski definition) is 4.